The molecule has 1 fully saturated rings. The fourth-order valence-electron chi connectivity index (χ4n) is 1.63. The van der Waals surface area contributed by atoms with Gasteiger partial charge in [0.15, 0.2) is 0 Å². The van der Waals surface area contributed by atoms with Crippen molar-refractivity contribution in [3.05, 3.63) is 22.7 Å². The molecular formula is C11H12ClNO3. The predicted octanol–water partition coefficient (Wildman–Crippen LogP) is 2.64. The molecule has 0 atom stereocenters. The van der Waals surface area contributed by atoms with Crippen LogP contribution in [0.15, 0.2) is 17.3 Å². The van der Waals surface area contributed by atoms with Crippen molar-refractivity contribution in [1.82, 2.24) is 0 Å². The fraction of sp³-hybridized carbons (Fsp3) is 0.364. The van der Waals surface area contributed by atoms with Gasteiger partial charge in [-0.05, 0) is 18.9 Å². The van der Waals surface area contributed by atoms with E-state index in [1.54, 1.807) is 6.07 Å². The van der Waals surface area contributed by atoms with E-state index in [1.807, 2.05) is 0 Å². The number of hydrogen-bond donors (Lipinski definition) is 2. The molecule has 0 spiro atoms. The molecule has 0 unspecified atom stereocenters. The molecule has 1 aromatic carbocycles. The van der Waals surface area contributed by atoms with Gasteiger partial charge >= 0.3 is 0 Å². The summed E-state index contributed by atoms with van der Waals surface area (Å²) in [7, 11) is 1.49. The molecule has 1 aliphatic carbocycles. The Hall–Kier alpha value is -1.42. The van der Waals surface area contributed by atoms with Crippen LogP contribution in [0.2, 0.25) is 5.02 Å². The average molecular weight is 242 g/mol. The maximum atomic E-state index is 9.83. The Balaban J connectivity index is 2.47. The molecule has 0 aromatic heterocycles. The minimum absolute atomic E-state index is 0.0240. The first kappa shape index (κ1) is 11.1. The highest BCUT2D eigenvalue weighted by Gasteiger charge is 2.32. The van der Waals surface area contributed by atoms with Crippen LogP contribution in [0.3, 0.4) is 0 Å². The van der Waals surface area contributed by atoms with E-state index in [0.717, 1.165) is 12.8 Å². The molecule has 0 bridgehead atoms. The number of ether oxygens (including phenoxy) is 1. The van der Waals surface area contributed by atoms with Crippen molar-refractivity contribution in [3.63, 3.8) is 0 Å². The lowest BCUT2D eigenvalue weighted by atomic mass is 10.0. The summed E-state index contributed by atoms with van der Waals surface area (Å²) in [6, 6.07) is 3.04. The van der Waals surface area contributed by atoms with Crippen molar-refractivity contribution < 1.29 is 15.1 Å². The lowest BCUT2D eigenvalue weighted by Crippen LogP contribution is -2.05. The molecule has 1 aliphatic rings. The molecule has 1 saturated carbocycles. The van der Waals surface area contributed by atoms with Crippen molar-refractivity contribution in [3.8, 4) is 11.5 Å². The SMILES string of the molecule is COc1cc(O)c(C(=NO)C2CC2)c(Cl)c1. The lowest BCUT2D eigenvalue weighted by Gasteiger charge is -2.10. The summed E-state index contributed by atoms with van der Waals surface area (Å²) in [4.78, 5) is 0. The summed E-state index contributed by atoms with van der Waals surface area (Å²) in [5.41, 5.74) is 0.845. The summed E-state index contributed by atoms with van der Waals surface area (Å²) in [6.45, 7) is 0. The summed E-state index contributed by atoms with van der Waals surface area (Å²) in [5, 5.41) is 22.3. The Morgan fingerprint density at radius 3 is 2.62 bits per heavy atom. The van der Waals surface area contributed by atoms with Gasteiger partial charge in [0.1, 0.15) is 11.5 Å². The second-order valence-electron chi connectivity index (χ2n) is 3.76. The van der Waals surface area contributed by atoms with Gasteiger partial charge in [0.25, 0.3) is 0 Å². The third kappa shape index (κ3) is 1.93. The largest absolute Gasteiger partial charge is 0.507 e. The van der Waals surface area contributed by atoms with Gasteiger partial charge in [-0.25, -0.2) is 0 Å². The summed E-state index contributed by atoms with van der Waals surface area (Å²) < 4.78 is 4.97. The van der Waals surface area contributed by atoms with Crippen LogP contribution in [0.1, 0.15) is 18.4 Å². The number of phenolic OH excluding ortho intramolecular Hbond substituents is 1. The summed E-state index contributed by atoms with van der Waals surface area (Å²) >= 11 is 6.03. The van der Waals surface area contributed by atoms with E-state index < -0.39 is 0 Å². The monoisotopic (exact) mass is 241 g/mol. The zero-order valence-corrected chi connectivity index (χ0v) is 9.53. The smallest absolute Gasteiger partial charge is 0.129 e. The van der Waals surface area contributed by atoms with E-state index in [9.17, 15) is 5.11 Å². The van der Waals surface area contributed by atoms with Gasteiger partial charge in [-0.15, -0.1) is 0 Å². The Bertz CT molecular complexity index is 418. The van der Waals surface area contributed by atoms with Gasteiger partial charge in [0.2, 0.25) is 0 Å². The Labute approximate surface area is 98.1 Å². The van der Waals surface area contributed by atoms with Crippen molar-refractivity contribution in [1.29, 1.82) is 0 Å². The van der Waals surface area contributed by atoms with Crippen molar-refractivity contribution in [2.45, 2.75) is 12.8 Å². The minimum atomic E-state index is -0.0240. The molecule has 0 radical (unpaired) electrons. The number of rotatable bonds is 3. The van der Waals surface area contributed by atoms with Gasteiger partial charge in [-0.2, -0.15) is 0 Å². The number of hydrogen-bond acceptors (Lipinski definition) is 4. The highest BCUT2D eigenvalue weighted by atomic mass is 35.5. The van der Waals surface area contributed by atoms with Crippen LogP contribution in [-0.2, 0) is 0 Å². The van der Waals surface area contributed by atoms with Gasteiger partial charge in [-0.1, -0.05) is 16.8 Å². The second kappa shape index (κ2) is 4.22. The third-order valence-electron chi connectivity index (χ3n) is 2.61. The molecule has 0 aliphatic heterocycles. The number of nitrogens with zero attached hydrogens (tertiary/aromatic N) is 1. The van der Waals surface area contributed by atoms with Gasteiger partial charge in [0.05, 0.1) is 23.4 Å². The van der Waals surface area contributed by atoms with Crippen LogP contribution in [0.5, 0.6) is 11.5 Å². The average Bonchev–Trinajstić information content (AvgIpc) is 3.06. The van der Waals surface area contributed by atoms with E-state index in [4.69, 9.17) is 21.5 Å². The topological polar surface area (TPSA) is 62.0 Å². The number of oxime groups is 1. The molecule has 16 heavy (non-hydrogen) atoms. The quantitative estimate of drug-likeness (QED) is 0.486. The van der Waals surface area contributed by atoms with Crippen molar-refractivity contribution in [2.24, 2.45) is 11.1 Å². The fourth-order valence-corrected chi connectivity index (χ4v) is 1.93. The van der Waals surface area contributed by atoms with E-state index in [-0.39, 0.29) is 11.7 Å². The molecule has 4 nitrogen and oxygen atoms in total. The Morgan fingerprint density at radius 1 is 1.50 bits per heavy atom. The van der Waals surface area contributed by atoms with E-state index in [0.29, 0.717) is 22.0 Å². The number of phenols is 1. The van der Waals surface area contributed by atoms with Crippen LogP contribution in [0, 0.1) is 5.92 Å². The Kier molecular flexibility index (Phi) is 2.92. The van der Waals surface area contributed by atoms with Crippen LogP contribution in [0.4, 0.5) is 0 Å². The molecule has 0 amide bonds. The first-order chi connectivity index (χ1) is 7.67. The maximum Gasteiger partial charge on any atom is 0.129 e. The molecular weight excluding hydrogens is 230 g/mol. The molecule has 0 heterocycles. The lowest BCUT2D eigenvalue weighted by molar-refractivity contribution is 0.317. The van der Waals surface area contributed by atoms with Crippen molar-refractivity contribution >= 4 is 17.3 Å². The summed E-state index contributed by atoms with van der Waals surface area (Å²) in [6.07, 6.45) is 1.92. The highest BCUT2D eigenvalue weighted by molar-refractivity contribution is 6.35. The number of methoxy groups -OCH3 is 1. The van der Waals surface area contributed by atoms with Gasteiger partial charge < -0.3 is 15.1 Å². The molecule has 2 N–H and O–H groups in total. The third-order valence-corrected chi connectivity index (χ3v) is 2.90. The van der Waals surface area contributed by atoms with Crippen LogP contribution < -0.4 is 4.74 Å². The van der Waals surface area contributed by atoms with E-state index in [2.05, 4.69) is 5.16 Å². The normalized spacial score (nSPS) is 16.2. The molecule has 1 aromatic rings. The van der Waals surface area contributed by atoms with Crippen LogP contribution in [0.25, 0.3) is 0 Å². The molecule has 2 rings (SSSR count). The molecule has 5 heteroatoms. The second-order valence-corrected chi connectivity index (χ2v) is 4.17. The van der Waals surface area contributed by atoms with E-state index >= 15 is 0 Å². The first-order valence-electron chi connectivity index (χ1n) is 4.96. The maximum absolute atomic E-state index is 9.83. The minimum Gasteiger partial charge on any atom is -0.507 e. The highest BCUT2D eigenvalue weighted by Crippen LogP contribution is 2.40. The van der Waals surface area contributed by atoms with Crippen LogP contribution in [-0.4, -0.2) is 23.1 Å². The molecule has 0 saturated heterocycles. The number of halogens is 1. The standard InChI is InChI=1S/C11H12ClNO3/c1-16-7-4-8(12)10(9(14)5-7)11(13-15)6-2-3-6/h4-6,14-15H,2-3H2,1H3. The number of benzene rings is 1. The Morgan fingerprint density at radius 2 is 2.19 bits per heavy atom. The number of aromatic hydroxyl groups is 1. The summed E-state index contributed by atoms with van der Waals surface area (Å²) in [5.74, 6) is 0.644. The molecule has 86 valence electrons. The predicted molar refractivity (Wildman–Crippen MR) is 60.7 cm³/mol. The zero-order chi connectivity index (χ0) is 11.7. The van der Waals surface area contributed by atoms with Crippen molar-refractivity contribution in [2.75, 3.05) is 7.11 Å². The van der Waals surface area contributed by atoms with Crippen LogP contribution >= 0.6 is 11.6 Å². The van der Waals surface area contributed by atoms with Gasteiger partial charge in [0, 0.05) is 12.0 Å². The first-order valence-corrected chi connectivity index (χ1v) is 5.34. The van der Waals surface area contributed by atoms with Gasteiger partial charge in [-0.3, -0.25) is 0 Å². The zero-order valence-electron chi connectivity index (χ0n) is 8.77. The van der Waals surface area contributed by atoms with E-state index in [1.165, 1.54) is 13.2 Å².